The number of anilines is 1. The summed E-state index contributed by atoms with van der Waals surface area (Å²) < 4.78 is 31.0. The number of aromatic nitrogens is 1. The first-order valence-electron chi connectivity index (χ1n) is 10.6. The number of thiazole rings is 1. The Hall–Kier alpha value is -2.48. The summed E-state index contributed by atoms with van der Waals surface area (Å²) in [5.41, 5.74) is 0.411. The number of nitrogens with one attached hydrogen (secondary N) is 2. The summed E-state index contributed by atoms with van der Waals surface area (Å²) in [6.45, 7) is 0.945. The molecule has 182 valence electrons. The summed E-state index contributed by atoms with van der Waals surface area (Å²) in [7, 11) is -1.78. The van der Waals surface area contributed by atoms with Gasteiger partial charge in [0.1, 0.15) is 0 Å². The van der Waals surface area contributed by atoms with Crippen LogP contribution in [0.2, 0.25) is 0 Å². The molecule has 1 atom stereocenters. The fraction of sp³-hybridized carbons (Fsp3) is 0.429. The molecule has 2 heterocycles. The lowest BCUT2D eigenvalue weighted by Gasteiger charge is -2.10. The third-order valence-electron chi connectivity index (χ3n) is 5.14. The Kier molecular flexibility index (Phi) is 7.86. The van der Waals surface area contributed by atoms with Gasteiger partial charge in [-0.25, -0.2) is 13.4 Å². The average Bonchev–Trinajstić information content (AvgIpc) is 3.41. The van der Waals surface area contributed by atoms with Crippen LogP contribution in [0.5, 0.6) is 0 Å². The predicted molar refractivity (Wildman–Crippen MR) is 129 cm³/mol. The van der Waals surface area contributed by atoms with Gasteiger partial charge in [-0.1, -0.05) is 28.6 Å². The van der Waals surface area contributed by atoms with Crippen LogP contribution in [-0.2, 0) is 29.0 Å². The molecule has 1 aromatic heterocycles. The summed E-state index contributed by atoms with van der Waals surface area (Å²) in [4.78, 5) is 34.4. The SMILES string of the molecule is CNC(=O)CSc1cnc(NC(=O)/C(=N/O[C@@H]2CCOC2)c2ccc(S(=O)(=O)C3CC3)cc2)s1. The Bertz CT molecular complexity index is 1170. The van der Waals surface area contributed by atoms with Crippen LogP contribution < -0.4 is 10.6 Å². The lowest BCUT2D eigenvalue weighted by molar-refractivity contribution is -0.118. The smallest absolute Gasteiger partial charge is 0.280 e. The van der Waals surface area contributed by atoms with Crippen molar-refractivity contribution < 1.29 is 27.6 Å². The molecular formula is C21H24N4O6S3. The van der Waals surface area contributed by atoms with Crippen LogP contribution in [0.25, 0.3) is 0 Å². The molecule has 2 amide bonds. The second kappa shape index (κ2) is 10.8. The molecule has 1 aliphatic carbocycles. The van der Waals surface area contributed by atoms with Crippen molar-refractivity contribution in [2.75, 3.05) is 31.3 Å². The summed E-state index contributed by atoms with van der Waals surface area (Å²) in [6, 6.07) is 6.08. The van der Waals surface area contributed by atoms with Crippen molar-refractivity contribution in [2.24, 2.45) is 5.16 Å². The molecule has 2 aromatic rings. The Labute approximate surface area is 205 Å². The maximum Gasteiger partial charge on any atom is 0.280 e. The van der Waals surface area contributed by atoms with E-state index in [1.54, 1.807) is 25.4 Å². The van der Waals surface area contributed by atoms with Gasteiger partial charge < -0.3 is 14.9 Å². The molecule has 2 N–H and O–H groups in total. The van der Waals surface area contributed by atoms with E-state index in [1.165, 1.54) is 35.2 Å². The van der Waals surface area contributed by atoms with Gasteiger partial charge in [0.2, 0.25) is 5.91 Å². The Balaban J connectivity index is 1.50. The number of oxime groups is 1. The van der Waals surface area contributed by atoms with Crippen LogP contribution in [0.4, 0.5) is 5.13 Å². The highest BCUT2D eigenvalue weighted by Gasteiger charge is 2.36. The second-order valence-corrected chi connectivity index (χ2v) is 12.2. The zero-order valence-electron chi connectivity index (χ0n) is 18.4. The molecule has 4 rings (SSSR count). The van der Waals surface area contributed by atoms with Gasteiger partial charge in [0.25, 0.3) is 5.91 Å². The quantitative estimate of drug-likeness (QED) is 0.274. The minimum Gasteiger partial charge on any atom is -0.389 e. The Morgan fingerprint density at radius 2 is 2.03 bits per heavy atom. The number of thioether (sulfide) groups is 1. The summed E-state index contributed by atoms with van der Waals surface area (Å²) in [6.07, 6.45) is 3.33. The Morgan fingerprint density at radius 3 is 2.68 bits per heavy atom. The van der Waals surface area contributed by atoms with Crippen molar-refractivity contribution in [1.29, 1.82) is 0 Å². The lowest BCUT2D eigenvalue weighted by Crippen LogP contribution is -2.25. The maximum absolute atomic E-state index is 13.1. The molecule has 2 aliphatic rings. The van der Waals surface area contributed by atoms with Crippen molar-refractivity contribution in [3.8, 4) is 0 Å². The summed E-state index contributed by atoms with van der Waals surface area (Å²) in [5, 5.41) is 9.36. The normalized spacial score (nSPS) is 18.5. The fourth-order valence-corrected chi connectivity index (χ4v) is 6.47. The van der Waals surface area contributed by atoms with Gasteiger partial charge in [0, 0.05) is 19.0 Å². The minimum atomic E-state index is -3.34. The molecule has 10 nitrogen and oxygen atoms in total. The number of amides is 2. The average molecular weight is 525 g/mol. The second-order valence-electron chi connectivity index (χ2n) is 7.70. The van der Waals surface area contributed by atoms with E-state index >= 15 is 0 Å². The van der Waals surface area contributed by atoms with Crippen molar-refractivity contribution in [3.63, 3.8) is 0 Å². The standard InChI is InChI=1S/C21H24N4O6S3/c1-22-17(26)12-32-18-10-23-21(33-18)24-20(27)19(25-31-14-8-9-30-11-14)13-2-4-15(5-3-13)34(28,29)16-6-7-16/h2-5,10,14,16H,6-9,11-12H2,1H3,(H,22,26)(H,23,24,27)/b25-19+/t14-/m1/s1. The van der Waals surface area contributed by atoms with Gasteiger partial charge in [-0.15, -0.1) is 11.8 Å². The number of benzene rings is 1. The maximum atomic E-state index is 13.1. The van der Waals surface area contributed by atoms with Crippen LogP contribution in [0.15, 0.2) is 44.7 Å². The lowest BCUT2D eigenvalue weighted by atomic mass is 10.1. The number of rotatable bonds is 10. The van der Waals surface area contributed by atoms with Crippen molar-refractivity contribution in [1.82, 2.24) is 10.3 Å². The molecule has 0 spiro atoms. The highest BCUT2D eigenvalue weighted by Crippen LogP contribution is 2.33. The first-order valence-corrected chi connectivity index (χ1v) is 14.0. The number of carbonyl (C=O) groups excluding carboxylic acids is 2. The highest BCUT2D eigenvalue weighted by atomic mass is 32.2. The molecule has 1 aromatic carbocycles. The van der Waals surface area contributed by atoms with Crippen LogP contribution in [0, 0.1) is 0 Å². The van der Waals surface area contributed by atoms with Crippen LogP contribution in [0.3, 0.4) is 0 Å². The van der Waals surface area contributed by atoms with Crippen molar-refractivity contribution in [3.05, 3.63) is 36.0 Å². The topological polar surface area (TPSA) is 136 Å². The van der Waals surface area contributed by atoms with Gasteiger partial charge in [0.15, 0.2) is 26.8 Å². The third kappa shape index (κ3) is 6.14. The number of sulfone groups is 1. The van der Waals surface area contributed by atoms with E-state index in [0.717, 1.165) is 4.21 Å². The number of ether oxygens (including phenoxy) is 1. The first-order chi connectivity index (χ1) is 16.4. The monoisotopic (exact) mass is 524 g/mol. The first kappa shape index (κ1) is 24.6. The van der Waals surface area contributed by atoms with E-state index in [2.05, 4.69) is 20.8 Å². The van der Waals surface area contributed by atoms with E-state index in [0.29, 0.717) is 43.2 Å². The molecule has 34 heavy (non-hydrogen) atoms. The summed E-state index contributed by atoms with van der Waals surface area (Å²) in [5.74, 6) is -0.417. The van der Waals surface area contributed by atoms with E-state index in [4.69, 9.17) is 9.57 Å². The van der Waals surface area contributed by atoms with Crippen LogP contribution >= 0.6 is 23.1 Å². The van der Waals surface area contributed by atoms with Crippen LogP contribution in [-0.4, -0.2) is 68.3 Å². The Morgan fingerprint density at radius 1 is 1.26 bits per heavy atom. The van der Waals surface area contributed by atoms with Gasteiger partial charge in [-0.05, 0) is 25.0 Å². The molecule has 0 unspecified atom stereocenters. The van der Waals surface area contributed by atoms with E-state index < -0.39 is 15.7 Å². The van der Waals surface area contributed by atoms with Crippen molar-refractivity contribution in [2.45, 2.75) is 39.7 Å². The van der Waals surface area contributed by atoms with Crippen LogP contribution in [0.1, 0.15) is 24.8 Å². The fourth-order valence-electron chi connectivity index (χ4n) is 3.07. The van der Waals surface area contributed by atoms with Gasteiger partial charge >= 0.3 is 0 Å². The van der Waals surface area contributed by atoms with Crippen molar-refractivity contribution >= 4 is 55.6 Å². The molecule has 1 saturated carbocycles. The molecule has 13 heteroatoms. The number of carbonyl (C=O) groups is 2. The molecule has 2 fully saturated rings. The molecule has 1 saturated heterocycles. The third-order valence-corrected chi connectivity index (χ3v) is 9.53. The largest absolute Gasteiger partial charge is 0.389 e. The zero-order chi connectivity index (χ0) is 24.1. The van der Waals surface area contributed by atoms with E-state index in [9.17, 15) is 18.0 Å². The van der Waals surface area contributed by atoms with Gasteiger partial charge in [-0.2, -0.15) is 0 Å². The molecule has 1 aliphatic heterocycles. The number of nitrogens with zero attached hydrogens (tertiary/aromatic N) is 2. The van der Waals surface area contributed by atoms with Gasteiger partial charge in [-0.3, -0.25) is 14.9 Å². The molecule has 0 bridgehead atoms. The number of hydrogen-bond acceptors (Lipinski definition) is 10. The van der Waals surface area contributed by atoms with Gasteiger partial charge in [0.05, 0.1) is 39.5 Å². The van der Waals surface area contributed by atoms with E-state index in [1.807, 2.05) is 0 Å². The molecule has 0 radical (unpaired) electrons. The minimum absolute atomic E-state index is 0.00275. The number of hydrogen-bond donors (Lipinski definition) is 2. The zero-order valence-corrected chi connectivity index (χ0v) is 20.8. The summed E-state index contributed by atoms with van der Waals surface area (Å²) >= 11 is 2.54. The predicted octanol–water partition coefficient (Wildman–Crippen LogP) is 2.07. The van der Waals surface area contributed by atoms with E-state index in [-0.39, 0.29) is 33.6 Å². The molecular weight excluding hydrogens is 500 g/mol. The highest BCUT2D eigenvalue weighted by molar-refractivity contribution is 8.01.